The van der Waals surface area contributed by atoms with Crippen LogP contribution in [0.1, 0.15) is 51.4 Å². The van der Waals surface area contributed by atoms with Gasteiger partial charge in [0.25, 0.3) is 0 Å². The van der Waals surface area contributed by atoms with E-state index >= 15 is 0 Å². The first kappa shape index (κ1) is 28.8. The number of nitrogens with two attached hydrogens (primary N) is 2. The van der Waals surface area contributed by atoms with Crippen molar-refractivity contribution in [3.8, 4) is 0 Å². The second kappa shape index (κ2) is 14.8. The number of carbonyl (C=O) groups is 6. The van der Waals surface area contributed by atoms with Crippen LogP contribution in [0.5, 0.6) is 0 Å². The van der Waals surface area contributed by atoms with Gasteiger partial charge in [-0.25, -0.2) is 4.79 Å². The van der Waals surface area contributed by atoms with E-state index in [2.05, 4.69) is 21.3 Å². The maximum Gasteiger partial charge on any atom is 0.326 e. The van der Waals surface area contributed by atoms with Gasteiger partial charge in [0.2, 0.25) is 23.6 Å². The van der Waals surface area contributed by atoms with Crippen LogP contribution in [0.3, 0.4) is 0 Å². The van der Waals surface area contributed by atoms with Crippen molar-refractivity contribution in [3.63, 3.8) is 0 Å². The Morgan fingerprint density at radius 3 is 2.03 bits per heavy atom. The molecule has 34 heavy (non-hydrogen) atoms. The van der Waals surface area contributed by atoms with Crippen molar-refractivity contribution in [2.75, 3.05) is 13.1 Å². The van der Waals surface area contributed by atoms with Crippen LogP contribution in [-0.4, -0.2) is 83.0 Å². The Morgan fingerprint density at radius 2 is 1.53 bits per heavy atom. The summed E-state index contributed by atoms with van der Waals surface area (Å²) in [6.07, 6.45) is 1.25. The zero-order chi connectivity index (χ0) is 25.7. The molecular weight excluding hydrogens is 452 g/mol. The maximum atomic E-state index is 12.9. The molecule has 0 bridgehead atoms. The average Bonchev–Trinajstić information content (AvgIpc) is 3.29. The first-order valence-electron chi connectivity index (χ1n) is 11.1. The summed E-state index contributed by atoms with van der Waals surface area (Å²) in [6, 6.07) is -4.56. The third-order valence-electron chi connectivity index (χ3n) is 5.26. The van der Waals surface area contributed by atoms with Gasteiger partial charge in [-0.05, 0) is 51.6 Å². The molecule has 0 aliphatic carbocycles. The Hall–Kier alpha value is -3.26. The summed E-state index contributed by atoms with van der Waals surface area (Å²) >= 11 is 0. The normalized spacial score (nSPS) is 17.7. The minimum atomic E-state index is -1.70. The number of carboxylic acid groups (broad SMARTS) is 2. The summed E-state index contributed by atoms with van der Waals surface area (Å²) in [5, 5.41) is 28.2. The molecule has 0 radical (unpaired) electrons. The largest absolute Gasteiger partial charge is 0.481 e. The molecule has 192 valence electrons. The van der Waals surface area contributed by atoms with Crippen molar-refractivity contribution >= 4 is 35.6 Å². The highest BCUT2D eigenvalue weighted by Crippen LogP contribution is 2.08. The first-order valence-corrected chi connectivity index (χ1v) is 11.1. The Labute approximate surface area is 196 Å². The van der Waals surface area contributed by atoms with Crippen LogP contribution in [0, 0.1) is 0 Å². The lowest BCUT2D eigenvalue weighted by molar-refractivity contribution is -0.147. The molecular formula is C20H34N6O8. The average molecular weight is 487 g/mol. The van der Waals surface area contributed by atoms with Crippen LogP contribution < -0.4 is 32.7 Å². The van der Waals surface area contributed by atoms with E-state index in [0.29, 0.717) is 32.4 Å². The van der Waals surface area contributed by atoms with E-state index in [0.717, 1.165) is 6.42 Å². The standard InChI is InChI=1S/C20H34N6O8/c21-8-2-1-4-12(18(31)26-14(20(33)34)10-16(28)29)24-19(32)13(6-7-15(22)27)25-17(30)11-5-3-9-23-11/h11-14,23H,1-10,21H2,(H2,22,27)(H,24,32)(H,25,30)(H,26,31)(H,28,29)(H,33,34). The number of primary amides is 1. The predicted molar refractivity (Wildman–Crippen MR) is 118 cm³/mol. The summed E-state index contributed by atoms with van der Waals surface area (Å²) in [6.45, 7) is 0.978. The van der Waals surface area contributed by atoms with Gasteiger partial charge in [0.1, 0.15) is 18.1 Å². The first-order chi connectivity index (χ1) is 16.0. The van der Waals surface area contributed by atoms with Gasteiger partial charge in [-0.3, -0.25) is 24.0 Å². The van der Waals surface area contributed by atoms with E-state index in [1.54, 1.807) is 0 Å². The fourth-order valence-electron chi connectivity index (χ4n) is 3.42. The van der Waals surface area contributed by atoms with Crippen molar-refractivity contribution in [3.05, 3.63) is 0 Å². The maximum absolute atomic E-state index is 12.9. The second-order valence-corrected chi connectivity index (χ2v) is 8.06. The monoisotopic (exact) mass is 486 g/mol. The number of rotatable bonds is 16. The minimum absolute atomic E-state index is 0.0921. The van der Waals surface area contributed by atoms with Gasteiger partial charge in [0, 0.05) is 6.42 Å². The molecule has 1 heterocycles. The van der Waals surface area contributed by atoms with Gasteiger partial charge in [-0.1, -0.05) is 0 Å². The highest BCUT2D eigenvalue weighted by Gasteiger charge is 2.32. The van der Waals surface area contributed by atoms with E-state index in [4.69, 9.17) is 16.6 Å². The van der Waals surface area contributed by atoms with Crippen molar-refractivity contribution in [1.82, 2.24) is 21.3 Å². The molecule has 1 aliphatic rings. The van der Waals surface area contributed by atoms with Crippen molar-refractivity contribution in [2.24, 2.45) is 11.5 Å². The summed E-state index contributed by atoms with van der Waals surface area (Å²) in [5.41, 5.74) is 10.6. The van der Waals surface area contributed by atoms with Crippen LogP contribution >= 0.6 is 0 Å². The zero-order valence-corrected chi connectivity index (χ0v) is 18.9. The van der Waals surface area contributed by atoms with Gasteiger partial charge < -0.3 is 42.9 Å². The Bertz CT molecular complexity index is 755. The van der Waals surface area contributed by atoms with Gasteiger partial charge in [-0.15, -0.1) is 0 Å². The third kappa shape index (κ3) is 10.6. The fraction of sp³-hybridized carbons (Fsp3) is 0.700. The van der Waals surface area contributed by atoms with Crippen LogP contribution in [0.2, 0.25) is 0 Å². The molecule has 14 heteroatoms. The smallest absolute Gasteiger partial charge is 0.326 e. The topological polar surface area (TPSA) is 243 Å². The van der Waals surface area contributed by atoms with E-state index in [1.807, 2.05) is 0 Å². The molecule has 4 atom stereocenters. The van der Waals surface area contributed by atoms with Crippen molar-refractivity contribution in [2.45, 2.75) is 75.5 Å². The number of carbonyl (C=O) groups excluding carboxylic acids is 4. The second-order valence-electron chi connectivity index (χ2n) is 8.06. The lowest BCUT2D eigenvalue weighted by Gasteiger charge is -2.25. The summed E-state index contributed by atoms with van der Waals surface area (Å²) in [4.78, 5) is 71.6. The summed E-state index contributed by atoms with van der Waals surface area (Å²) < 4.78 is 0. The molecule has 14 nitrogen and oxygen atoms in total. The molecule has 4 amide bonds. The van der Waals surface area contributed by atoms with Crippen LogP contribution in [0.4, 0.5) is 0 Å². The van der Waals surface area contributed by atoms with E-state index in [1.165, 1.54) is 0 Å². The third-order valence-corrected chi connectivity index (χ3v) is 5.26. The van der Waals surface area contributed by atoms with Crippen molar-refractivity contribution < 1.29 is 39.0 Å². The number of nitrogens with one attached hydrogen (secondary N) is 4. The summed E-state index contributed by atoms with van der Waals surface area (Å²) in [7, 11) is 0. The molecule has 4 unspecified atom stereocenters. The number of amides is 4. The SMILES string of the molecule is NCCCCC(NC(=O)C(CCC(N)=O)NC(=O)C1CCCN1)C(=O)NC(CC(=O)O)C(=O)O. The number of aliphatic carboxylic acids is 2. The number of carboxylic acids is 2. The molecule has 10 N–H and O–H groups in total. The van der Waals surface area contributed by atoms with Gasteiger partial charge in [0.15, 0.2) is 0 Å². The molecule has 1 aliphatic heterocycles. The van der Waals surface area contributed by atoms with Crippen LogP contribution in [0.25, 0.3) is 0 Å². The molecule has 1 saturated heterocycles. The Balaban J connectivity index is 2.95. The highest BCUT2D eigenvalue weighted by molar-refractivity contribution is 5.95. The lowest BCUT2D eigenvalue weighted by Crippen LogP contribution is -2.57. The summed E-state index contributed by atoms with van der Waals surface area (Å²) in [5.74, 6) is -5.73. The highest BCUT2D eigenvalue weighted by atomic mass is 16.4. The molecule has 0 spiro atoms. The van der Waals surface area contributed by atoms with E-state index in [-0.39, 0.29) is 19.3 Å². The van der Waals surface area contributed by atoms with Gasteiger partial charge in [-0.2, -0.15) is 0 Å². The molecule has 1 fully saturated rings. The number of unbranched alkanes of at least 4 members (excludes halogenated alkanes) is 1. The lowest BCUT2D eigenvalue weighted by atomic mass is 10.0. The van der Waals surface area contributed by atoms with Gasteiger partial charge >= 0.3 is 11.9 Å². The van der Waals surface area contributed by atoms with E-state index < -0.39 is 66.2 Å². The van der Waals surface area contributed by atoms with E-state index in [9.17, 15) is 33.9 Å². The minimum Gasteiger partial charge on any atom is -0.481 e. The molecule has 1 rings (SSSR count). The molecule has 0 aromatic heterocycles. The van der Waals surface area contributed by atoms with Crippen molar-refractivity contribution in [1.29, 1.82) is 0 Å². The number of hydrogen-bond acceptors (Lipinski definition) is 8. The molecule has 0 aromatic rings. The molecule has 0 saturated carbocycles. The fourth-order valence-corrected chi connectivity index (χ4v) is 3.42. The van der Waals surface area contributed by atoms with Crippen LogP contribution in [0.15, 0.2) is 0 Å². The zero-order valence-electron chi connectivity index (χ0n) is 18.9. The quantitative estimate of drug-likeness (QED) is 0.104. The van der Waals surface area contributed by atoms with Crippen LogP contribution in [-0.2, 0) is 28.8 Å². The number of hydrogen-bond donors (Lipinski definition) is 8. The predicted octanol–water partition coefficient (Wildman–Crippen LogP) is -2.85. The molecule has 0 aromatic carbocycles. The Morgan fingerprint density at radius 1 is 0.912 bits per heavy atom. The van der Waals surface area contributed by atoms with Gasteiger partial charge in [0.05, 0.1) is 12.5 Å². The Kier molecular flexibility index (Phi) is 12.5.